The summed E-state index contributed by atoms with van der Waals surface area (Å²) in [6, 6.07) is 1.01. The highest BCUT2D eigenvalue weighted by atomic mass is 35.5. The van der Waals surface area contributed by atoms with Gasteiger partial charge in [-0.2, -0.15) is 23.4 Å². The minimum absolute atomic E-state index is 0. The van der Waals surface area contributed by atoms with Crippen LogP contribution in [0.2, 0.25) is 0 Å². The summed E-state index contributed by atoms with van der Waals surface area (Å²) in [5.74, 6) is -0.547. The zero-order chi connectivity index (χ0) is 20.5. The number of carbonyl (C=O) groups excluding carboxylic acids is 1. The van der Waals surface area contributed by atoms with Crippen LogP contribution in [0.3, 0.4) is 0 Å². The van der Waals surface area contributed by atoms with Crippen molar-refractivity contribution >= 4 is 41.3 Å². The molecule has 0 bridgehead atoms. The van der Waals surface area contributed by atoms with Crippen molar-refractivity contribution in [2.75, 3.05) is 5.32 Å². The molecule has 0 aromatic carbocycles. The number of hydrogen-bond donors (Lipinski definition) is 3. The lowest BCUT2D eigenvalue weighted by molar-refractivity contribution is -0.141. The summed E-state index contributed by atoms with van der Waals surface area (Å²) < 4.78 is 41.6. The van der Waals surface area contributed by atoms with Gasteiger partial charge in [0.1, 0.15) is 6.54 Å². The van der Waals surface area contributed by atoms with Gasteiger partial charge in [-0.05, 0) is 45.0 Å². The fourth-order valence-corrected chi connectivity index (χ4v) is 2.91. The maximum absolute atomic E-state index is 12.9. The number of nitrogens with one attached hydrogen (secondary N) is 3. The molecule has 3 rings (SSSR count). The molecule has 0 atom stereocenters. The van der Waals surface area contributed by atoms with Crippen LogP contribution < -0.4 is 16.2 Å². The van der Waals surface area contributed by atoms with Crippen molar-refractivity contribution in [2.24, 2.45) is 0 Å². The Hall–Kier alpha value is -2.34. The lowest BCUT2D eigenvalue weighted by Gasteiger charge is -2.12. The maximum atomic E-state index is 12.9. The van der Waals surface area contributed by atoms with Crippen molar-refractivity contribution in [3.05, 3.63) is 29.3 Å². The summed E-state index contributed by atoms with van der Waals surface area (Å²) in [6.07, 6.45) is -1.35. The SMILES string of the molecule is CCn1ncc(NC(=S)NNC(=O)Cn2nc(C(F)(F)F)cc2C2CC2)c1C.Cl. The molecule has 1 aliphatic carbocycles. The first-order valence-corrected chi connectivity index (χ1v) is 9.13. The van der Waals surface area contributed by atoms with Crippen LogP contribution in [-0.4, -0.2) is 30.6 Å². The topological polar surface area (TPSA) is 88.8 Å². The molecular weight excluding hydrogens is 431 g/mol. The third-order valence-corrected chi connectivity index (χ3v) is 4.56. The first kappa shape index (κ1) is 22.9. The van der Waals surface area contributed by atoms with Crippen LogP contribution in [0, 0.1) is 6.92 Å². The molecule has 0 radical (unpaired) electrons. The summed E-state index contributed by atoms with van der Waals surface area (Å²) in [5.41, 5.74) is 5.89. The Morgan fingerprint density at radius 3 is 2.55 bits per heavy atom. The maximum Gasteiger partial charge on any atom is 0.435 e. The average molecular weight is 452 g/mol. The van der Waals surface area contributed by atoms with Gasteiger partial charge in [0.25, 0.3) is 5.91 Å². The highest BCUT2D eigenvalue weighted by molar-refractivity contribution is 7.80. The van der Waals surface area contributed by atoms with Crippen LogP contribution in [-0.2, 0) is 24.1 Å². The molecule has 29 heavy (non-hydrogen) atoms. The summed E-state index contributed by atoms with van der Waals surface area (Å²) >= 11 is 5.11. The van der Waals surface area contributed by atoms with E-state index in [1.54, 1.807) is 10.9 Å². The van der Waals surface area contributed by atoms with E-state index in [4.69, 9.17) is 12.2 Å². The van der Waals surface area contributed by atoms with Crippen molar-refractivity contribution in [1.82, 2.24) is 30.4 Å². The van der Waals surface area contributed by atoms with E-state index in [2.05, 4.69) is 26.4 Å². The first-order valence-electron chi connectivity index (χ1n) is 8.72. The molecule has 0 unspecified atom stereocenters. The molecule has 0 saturated heterocycles. The van der Waals surface area contributed by atoms with Crippen molar-refractivity contribution in [1.29, 1.82) is 0 Å². The Morgan fingerprint density at radius 2 is 2.00 bits per heavy atom. The molecule has 8 nitrogen and oxygen atoms in total. The zero-order valence-electron chi connectivity index (χ0n) is 15.7. The van der Waals surface area contributed by atoms with Gasteiger partial charge in [-0.15, -0.1) is 12.4 Å². The van der Waals surface area contributed by atoms with Gasteiger partial charge in [-0.1, -0.05) is 0 Å². The average Bonchev–Trinajstić information content (AvgIpc) is 3.29. The Labute approximate surface area is 176 Å². The van der Waals surface area contributed by atoms with Crippen molar-refractivity contribution in [2.45, 2.75) is 51.9 Å². The quantitative estimate of drug-likeness (QED) is 0.478. The fourth-order valence-electron chi connectivity index (χ4n) is 2.75. The van der Waals surface area contributed by atoms with Crippen LogP contribution in [0.4, 0.5) is 18.9 Å². The summed E-state index contributed by atoms with van der Waals surface area (Å²) in [7, 11) is 0. The highest BCUT2D eigenvalue weighted by Gasteiger charge is 2.38. The van der Waals surface area contributed by atoms with E-state index in [1.807, 2.05) is 13.8 Å². The van der Waals surface area contributed by atoms with Gasteiger partial charge in [-0.25, -0.2) is 0 Å². The monoisotopic (exact) mass is 451 g/mol. The molecule has 1 saturated carbocycles. The van der Waals surface area contributed by atoms with Crippen LogP contribution in [0.15, 0.2) is 12.3 Å². The van der Waals surface area contributed by atoms with E-state index < -0.39 is 17.8 Å². The number of nitrogens with zero attached hydrogens (tertiary/aromatic N) is 4. The number of anilines is 1. The highest BCUT2D eigenvalue weighted by Crippen LogP contribution is 2.42. The standard InChI is InChI=1S/C16H20F3N7OS.ClH/c1-3-25-9(2)11(7-20-25)21-15(28)23-22-14(27)8-26-12(10-4-5-10)6-13(24-26)16(17,18)19;/h6-7,10H,3-5,8H2,1-2H3,(H,22,27)(H2,21,23,28);1H. The molecule has 13 heteroatoms. The lowest BCUT2D eigenvalue weighted by Crippen LogP contribution is -2.45. The second-order valence-corrected chi connectivity index (χ2v) is 6.88. The number of rotatable bonds is 5. The Kier molecular flexibility index (Phi) is 7.11. The molecule has 1 amide bonds. The van der Waals surface area contributed by atoms with E-state index in [9.17, 15) is 18.0 Å². The molecule has 0 aliphatic heterocycles. The van der Waals surface area contributed by atoms with E-state index in [0.717, 1.165) is 29.3 Å². The van der Waals surface area contributed by atoms with Crippen molar-refractivity contribution < 1.29 is 18.0 Å². The molecular formula is C16H21ClF3N7OS. The third kappa shape index (κ3) is 5.60. The van der Waals surface area contributed by atoms with E-state index in [0.29, 0.717) is 17.9 Å². The van der Waals surface area contributed by atoms with E-state index in [-0.39, 0.29) is 30.0 Å². The van der Waals surface area contributed by atoms with Crippen LogP contribution in [0.1, 0.15) is 42.8 Å². The van der Waals surface area contributed by atoms with Crippen molar-refractivity contribution in [3.8, 4) is 0 Å². The third-order valence-electron chi connectivity index (χ3n) is 4.36. The van der Waals surface area contributed by atoms with Crippen LogP contribution in [0.5, 0.6) is 0 Å². The molecule has 160 valence electrons. The fraction of sp³-hybridized carbons (Fsp3) is 0.500. The molecule has 2 aromatic heterocycles. The Bertz CT molecular complexity index is 892. The van der Waals surface area contributed by atoms with Gasteiger partial charge in [0.05, 0.1) is 17.6 Å². The van der Waals surface area contributed by atoms with Gasteiger partial charge in [0.2, 0.25) is 0 Å². The molecule has 1 aliphatic rings. The van der Waals surface area contributed by atoms with Crippen LogP contribution >= 0.6 is 24.6 Å². The number of halogens is 4. The molecule has 3 N–H and O–H groups in total. The Balaban J connectivity index is 0.00000300. The number of hydrazine groups is 1. The van der Waals surface area contributed by atoms with Crippen molar-refractivity contribution in [3.63, 3.8) is 0 Å². The van der Waals surface area contributed by atoms with Gasteiger partial charge in [0, 0.05) is 18.2 Å². The number of aromatic nitrogens is 4. The minimum Gasteiger partial charge on any atom is -0.329 e. The Morgan fingerprint density at radius 1 is 1.31 bits per heavy atom. The number of aryl methyl sites for hydroxylation is 1. The smallest absolute Gasteiger partial charge is 0.329 e. The van der Waals surface area contributed by atoms with E-state index >= 15 is 0 Å². The van der Waals surface area contributed by atoms with E-state index in [1.165, 1.54) is 0 Å². The lowest BCUT2D eigenvalue weighted by atomic mass is 10.2. The summed E-state index contributed by atoms with van der Waals surface area (Å²) in [5, 5.41) is 10.7. The largest absolute Gasteiger partial charge is 0.435 e. The predicted octanol–water partition coefficient (Wildman–Crippen LogP) is 2.74. The van der Waals surface area contributed by atoms with Gasteiger partial charge in [-0.3, -0.25) is 25.0 Å². The second-order valence-electron chi connectivity index (χ2n) is 6.47. The molecule has 1 fully saturated rings. The summed E-state index contributed by atoms with van der Waals surface area (Å²) in [4.78, 5) is 12.1. The van der Waals surface area contributed by atoms with Gasteiger partial charge < -0.3 is 5.32 Å². The van der Waals surface area contributed by atoms with Crippen LogP contribution in [0.25, 0.3) is 0 Å². The molecule has 0 spiro atoms. The zero-order valence-corrected chi connectivity index (χ0v) is 17.3. The number of alkyl halides is 3. The number of amides is 1. The number of carbonyl (C=O) groups is 1. The minimum atomic E-state index is -4.55. The predicted molar refractivity (Wildman–Crippen MR) is 107 cm³/mol. The number of hydrogen-bond acceptors (Lipinski definition) is 4. The molecule has 2 aromatic rings. The van der Waals surface area contributed by atoms with Gasteiger partial charge in [0.15, 0.2) is 10.8 Å². The number of thiocarbonyl (C=S) groups is 1. The normalized spacial score (nSPS) is 13.6. The summed E-state index contributed by atoms with van der Waals surface area (Å²) in [6.45, 7) is 4.19. The second kappa shape index (κ2) is 8.99. The molecule has 2 heterocycles. The van der Waals surface area contributed by atoms with Gasteiger partial charge >= 0.3 is 6.18 Å². The first-order chi connectivity index (χ1) is 13.2.